The number of ether oxygens (including phenoxy) is 1. The Balaban J connectivity index is 1.38. The molecule has 6 nitrogen and oxygen atoms in total. The predicted molar refractivity (Wildman–Crippen MR) is 150 cm³/mol. The fourth-order valence-corrected chi connectivity index (χ4v) is 4.96. The molecule has 0 aromatic heterocycles. The fraction of sp³-hybridized carbons (Fsp3) is 0.0645. The third-order valence-corrected chi connectivity index (χ3v) is 6.83. The van der Waals surface area contributed by atoms with Gasteiger partial charge in [-0.3, -0.25) is 9.59 Å². The highest BCUT2D eigenvalue weighted by atomic mass is 35.5. The first-order valence-electron chi connectivity index (χ1n) is 12.1. The van der Waals surface area contributed by atoms with Crippen molar-refractivity contribution < 1.29 is 14.3 Å². The van der Waals surface area contributed by atoms with Crippen LogP contribution in [0, 0.1) is 0 Å². The second kappa shape index (κ2) is 9.65. The number of benzene rings is 5. The van der Waals surface area contributed by atoms with Crippen LogP contribution in [0.2, 0.25) is 5.02 Å². The van der Waals surface area contributed by atoms with Crippen molar-refractivity contribution in [1.29, 1.82) is 0 Å². The Morgan fingerprint density at radius 2 is 1.50 bits per heavy atom. The third kappa shape index (κ3) is 4.25. The van der Waals surface area contributed by atoms with Crippen LogP contribution in [0.3, 0.4) is 0 Å². The first-order valence-corrected chi connectivity index (χ1v) is 12.5. The van der Waals surface area contributed by atoms with Gasteiger partial charge in [0, 0.05) is 18.2 Å². The lowest BCUT2D eigenvalue weighted by Gasteiger charge is -2.20. The molecule has 1 heterocycles. The number of rotatable bonds is 4. The van der Waals surface area contributed by atoms with Crippen LogP contribution in [-0.4, -0.2) is 22.7 Å². The number of nitrogens with one attached hydrogen (secondary N) is 1. The number of fused-ring (bicyclic) bond motifs is 2. The highest BCUT2D eigenvalue weighted by Crippen LogP contribution is 2.36. The summed E-state index contributed by atoms with van der Waals surface area (Å²) < 4.78 is 6.41. The van der Waals surface area contributed by atoms with Gasteiger partial charge in [0.15, 0.2) is 0 Å². The van der Waals surface area contributed by atoms with E-state index in [4.69, 9.17) is 16.3 Å². The molecule has 0 saturated carbocycles. The van der Waals surface area contributed by atoms with E-state index in [1.165, 1.54) is 11.9 Å². The molecule has 0 spiro atoms. The van der Waals surface area contributed by atoms with Crippen LogP contribution in [0.15, 0.2) is 108 Å². The molecule has 2 amide bonds. The van der Waals surface area contributed by atoms with Gasteiger partial charge in [-0.05, 0) is 51.9 Å². The molecule has 0 aliphatic carbocycles. The second-order valence-corrected chi connectivity index (χ2v) is 9.40. The van der Waals surface area contributed by atoms with Crippen LogP contribution >= 0.6 is 11.6 Å². The molecule has 0 fully saturated rings. The molecule has 0 saturated heterocycles. The Hall–Kier alpha value is -4.68. The Morgan fingerprint density at radius 3 is 2.18 bits per heavy atom. The summed E-state index contributed by atoms with van der Waals surface area (Å²) in [6, 6.07) is 32.2. The maximum atomic E-state index is 12.8. The van der Waals surface area contributed by atoms with Crippen molar-refractivity contribution in [1.82, 2.24) is 5.01 Å². The van der Waals surface area contributed by atoms with Crippen molar-refractivity contribution in [3.8, 4) is 0 Å². The van der Waals surface area contributed by atoms with Gasteiger partial charge in [-0.15, -0.1) is 5.10 Å². The average molecular weight is 520 g/mol. The van der Waals surface area contributed by atoms with E-state index in [1.807, 2.05) is 54.6 Å². The van der Waals surface area contributed by atoms with E-state index in [1.54, 1.807) is 42.5 Å². The maximum absolute atomic E-state index is 12.8. The molecule has 6 rings (SSSR count). The van der Waals surface area contributed by atoms with Crippen LogP contribution in [0.4, 0.5) is 5.69 Å². The number of carbonyl (C=O) groups is 2. The van der Waals surface area contributed by atoms with Gasteiger partial charge in [0.1, 0.15) is 0 Å². The number of amides is 2. The van der Waals surface area contributed by atoms with E-state index in [9.17, 15) is 9.59 Å². The number of carbonyl (C=O) groups excluding carboxylic acids is 2. The van der Waals surface area contributed by atoms with E-state index in [-0.39, 0.29) is 11.8 Å². The van der Waals surface area contributed by atoms with Crippen molar-refractivity contribution in [2.45, 2.75) is 13.2 Å². The lowest BCUT2D eigenvalue weighted by molar-refractivity contribution is -0.135. The van der Waals surface area contributed by atoms with Crippen LogP contribution in [0.25, 0.3) is 21.5 Å². The van der Waals surface area contributed by atoms with Gasteiger partial charge in [-0.2, -0.15) is 5.01 Å². The molecule has 186 valence electrons. The van der Waals surface area contributed by atoms with Crippen LogP contribution in [-0.2, 0) is 9.53 Å². The maximum Gasteiger partial charge on any atom is 0.257 e. The minimum absolute atomic E-state index is 0.264. The first kappa shape index (κ1) is 23.7. The molecule has 0 unspecified atom stereocenters. The second-order valence-electron chi connectivity index (χ2n) is 8.99. The van der Waals surface area contributed by atoms with Crippen molar-refractivity contribution in [3.63, 3.8) is 0 Å². The van der Waals surface area contributed by atoms with Gasteiger partial charge in [0.2, 0.25) is 18.0 Å². The Kier molecular flexibility index (Phi) is 6.02. The number of hydrazone groups is 1. The standard InChI is InChI=1S/C31H22ClN3O3/c1-19(36)35-31(22-11-8-12-23(18-22)33-29(37)26-15-6-7-16-27(26)32)38-30(34-35)28-24-13-4-2-9-20(24)17-21-10-3-5-14-25(21)28/h2-18,31H,1H3,(H,33,37)/t31-/m0/s1. The minimum Gasteiger partial charge on any atom is -0.446 e. The van der Waals surface area contributed by atoms with E-state index < -0.39 is 6.23 Å². The number of anilines is 1. The van der Waals surface area contributed by atoms with Crippen LogP contribution in [0.1, 0.15) is 34.6 Å². The molecule has 1 aliphatic heterocycles. The smallest absolute Gasteiger partial charge is 0.257 e. The predicted octanol–water partition coefficient (Wildman–Crippen LogP) is 7.14. The van der Waals surface area contributed by atoms with E-state index >= 15 is 0 Å². The molecular formula is C31H22ClN3O3. The molecule has 5 aromatic rings. The van der Waals surface area contributed by atoms with Crippen LogP contribution in [0.5, 0.6) is 0 Å². The summed E-state index contributed by atoms with van der Waals surface area (Å²) in [5.74, 6) is -0.230. The summed E-state index contributed by atoms with van der Waals surface area (Å²) in [4.78, 5) is 25.5. The summed E-state index contributed by atoms with van der Waals surface area (Å²) in [6.45, 7) is 1.45. The van der Waals surface area contributed by atoms with Gasteiger partial charge < -0.3 is 10.1 Å². The van der Waals surface area contributed by atoms with Crippen molar-refractivity contribution in [2.75, 3.05) is 5.32 Å². The molecule has 1 atom stereocenters. The monoisotopic (exact) mass is 519 g/mol. The van der Waals surface area contributed by atoms with Gasteiger partial charge in [-0.25, -0.2) is 0 Å². The van der Waals surface area contributed by atoms with Gasteiger partial charge in [-0.1, -0.05) is 84.4 Å². The first-order chi connectivity index (χ1) is 18.5. The lowest BCUT2D eigenvalue weighted by Crippen LogP contribution is -2.25. The van der Waals surface area contributed by atoms with E-state index in [2.05, 4.69) is 16.5 Å². The average Bonchev–Trinajstić information content (AvgIpc) is 3.37. The Labute approximate surface area is 224 Å². The van der Waals surface area contributed by atoms with Crippen molar-refractivity contribution in [3.05, 3.63) is 125 Å². The molecule has 0 bridgehead atoms. The van der Waals surface area contributed by atoms with Gasteiger partial charge in [0.25, 0.3) is 5.91 Å². The number of nitrogens with zero attached hydrogens (tertiary/aromatic N) is 2. The Bertz CT molecular complexity index is 1710. The summed E-state index contributed by atoms with van der Waals surface area (Å²) in [7, 11) is 0. The highest BCUT2D eigenvalue weighted by Gasteiger charge is 2.34. The zero-order valence-electron chi connectivity index (χ0n) is 20.4. The van der Waals surface area contributed by atoms with E-state index in [0.717, 1.165) is 27.1 Å². The topological polar surface area (TPSA) is 71.0 Å². The summed E-state index contributed by atoms with van der Waals surface area (Å²) >= 11 is 6.19. The van der Waals surface area contributed by atoms with Crippen molar-refractivity contribution in [2.24, 2.45) is 5.10 Å². The van der Waals surface area contributed by atoms with Crippen LogP contribution < -0.4 is 5.32 Å². The number of hydrogen-bond acceptors (Lipinski definition) is 4. The van der Waals surface area contributed by atoms with Gasteiger partial charge in [0.05, 0.1) is 16.1 Å². The molecule has 5 aromatic carbocycles. The zero-order chi connectivity index (χ0) is 26.2. The number of hydrogen-bond donors (Lipinski definition) is 1. The minimum atomic E-state index is -0.794. The highest BCUT2D eigenvalue weighted by molar-refractivity contribution is 6.34. The molecule has 38 heavy (non-hydrogen) atoms. The van der Waals surface area contributed by atoms with E-state index in [0.29, 0.717) is 27.7 Å². The zero-order valence-corrected chi connectivity index (χ0v) is 21.1. The molecule has 0 radical (unpaired) electrons. The normalized spacial score (nSPS) is 14.8. The fourth-order valence-electron chi connectivity index (χ4n) is 4.74. The molecular weight excluding hydrogens is 498 g/mol. The molecule has 7 heteroatoms. The summed E-state index contributed by atoms with van der Waals surface area (Å²) in [5, 5.41) is 13.3. The number of halogens is 1. The molecule has 1 aliphatic rings. The molecule has 1 N–H and O–H groups in total. The largest absolute Gasteiger partial charge is 0.446 e. The lowest BCUT2D eigenvalue weighted by atomic mass is 9.96. The quantitative estimate of drug-likeness (QED) is 0.256. The van der Waals surface area contributed by atoms with Crippen molar-refractivity contribution >= 4 is 56.5 Å². The summed E-state index contributed by atoms with van der Waals surface area (Å²) in [6.07, 6.45) is -0.794. The SMILES string of the molecule is CC(=O)N1N=C(c2c3ccccc3cc3ccccc23)O[C@H]1c1cccc(NC(=O)c2ccccc2Cl)c1. The Morgan fingerprint density at radius 1 is 0.842 bits per heavy atom. The third-order valence-electron chi connectivity index (χ3n) is 6.50. The summed E-state index contributed by atoms with van der Waals surface area (Å²) in [5.41, 5.74) is 2.41. The van der Waals surface area contributed by atoms with Gasteiger partial charge >= 0.3 is 0 Å².